The highest BCUT2D eigenvalue weighted by Gasteiger charge is 2.54. The standard InChI is InChI=1S/C18H26O2/c1-18-9-8-14-13-5-3-12(19)10-11(13)2-4-15(14)16(18)6-7-17(18)20/h3,14-17,19-20H,2,4-10H2,1H3/t14-,15-,16+,17+,18+/m1/s1. The van der Waals surface area contributed by atoms with Gasteiger partial charge in [-0.05, 0) is 74.2 Å². The van der Waals surface area contributed by atoms with Crippen molar-refractivity contribution < 1.29 is 10.2 Å². The van der Waals surface area contributed by atoms with E-state index in [0.717, 1.165) is 37.0 Å². The van der Waals surface area contributed by atoms with Crippen LogP contribution in [0.15, 0.2) is 23.0 Å². The predicted molar refractivity (Wildman–Crippen MR) is 79.3 cm³/mol. The van der Waals surface area contributed by atoms with Gasteiger partial charge in [0.25, 0.3) is 0 Å². The Labute approximate surface area is 121 Å². The molecule has 110 valence electrons. The lowest BCUT2D eigenvalue weighted by Crippen LogP contribution is -2.45. The summed E-state index contributed by atoms with van der Waals surface area (Å²) in [5.41, 5.74) is 3.38. The Morgan fingerprint density at radius 1 is 1.20 bits per heavy atom. The average molecular weight is 274 g/mol. The molecule has 2 heteroatoms. The van der Waals surface area contributed by atoms with Gasteiger partial charge in [-0.1, -0.05) is 18.1 Å². The van der Waals surface area contributed by atoms with Gasteiger partial charge in [0.1, 0.15) is 0 Å². The van der Waals surface area contributed by atoms with E-state index in [1.54, 1.807) is 5.57 Å². The van der Waals surface area contributed by atoms with E-state index in [4.69, 9.17) is 0 Å². The molecule has 0 bridgehead atoms. The summed E-state index contributed by atoms with van der Waals surface area (Å²) in [6.07, 6.45) is 10.9. The fraction of sp³-hybridized carbons (Fsp3) is 0.778. The molecule has 0 radical (unpaired) electrons. The third-order valence-electron chi connectivity index (χ3n) is 7.02. The zero-order valence-electron chi connectivity index (χ0n) is 12.4. The smallest absolute Gasteiger partial charge is 0.0926 e. The molecule has 0 aromatic rings. The lowest BCUT2D eigenvalue weighted by atomic mass is 9.54. The van der Waals surface area contributed by atoms with Gasteiger partial charge in [-0.2, -0.15) is 0 Å². The highest BCUT2D eigenvalue weighted by molar-refractivity contribution is 5.32. The minimum atomic E-state index is -0.0703. The third-order valence-corrected chi connectivity index (χ3v) is 7.02. The van der Waals surface area contributed by atoms with Gasteiger partial charge in [0.2, 0.25) is 0 Å². The van der Waals surface area contributed by atoms with Crippen LogP contribution in [0.1, 0.15) is 58.3 Å². The summed E-state index contributed by atoms with van der Waals surface area (Å²) in [6.45, 7) is 2.34. The zero-order chi connectivity index (χ0) is 13.9. The molecule has 0 aromatic carbocycles. The molecule has 4 rings (SSSR count). The van der Waals surface area contributed by atoms with Crippen LogP contribution in [0.2, 0.25) is 0 Å². The molecule has 2 saturated carbocycles. The Kier molecular flexibility index (Phi) is 2.82. The normalized spacial score (nSPS) is 47.4. The maximum absolute atomic E-state index is 10.4. The summed E-state index contributed by atoms with van der Waals surface area (Å²) >= 11 is 0. The first kappa shape index (κ1) is 12.9. The first-order valence-corrected chi connectivity index (χ1v) is 8.36. The molecule has 0 aromatic heterocycles. The van der Waals surface area contributed by atoms with Crippen molar-refractivity contribution >= 4 is 0 Å². The summed E-state index contributed by atoms with van der Waals surface area (Å²) in [7, 11) is 0. The monoisotopic (exact) mass is 274 g/mol. The van der Waals surface area contributed by atoms with Crippen molar-refractivity contribution in [1.29, 1.82) is 0 Å². The number of aliphatic hydroxyl groups is 2. The highest BCUT2D eigenvalue weighted by atomic mass is 16.3. The van der Waals surface area contributed by atoms with Crippen molar-refractivity contribution in [2.45, 2.75) is 64.4 Å². The molecule has 4 aliphatic rings. The van der Waals surface area contributed by atoms with Crippen LogP contribution in [0, 0.1) is 23.2 Å². The van der Waals surface area contributed by atoms with Gasteiger partial charge in [-0.25, -0.2) is 0 Å². The first-order valence-electron chi connectivity index (χ1n) is 8.36. The summed E-state index contributed by atoms with van der Waals surface area (Å²) in [6, 6.07) is 0. The quantitative estimate of drug-likeness (QED) is 0.652. The van der Waals surface area contributed by atoms with Crippen molar-refractivity contribution in [3.05, 3.63) is 23.0 Å². The van der Waals surface area contributed by atoms with Crippen LogP contribution in [-0.2, 0) is 0 Å². The Bertz CT molecular complexity index is 490. The fourth-order valence-electron chi connectivity index (χ4n) is 5.87. The maximum Gasteiger partial charge on any atom is 0.0926 e. The molecular formula is C18H26O2. The van der Waals surface area contributed by atoms with E-state index in [2.05, 4.69) is 6.92 Å². The molecule has 0 saturated heterocycles. The molecule has 0 aliphatic heterocycles. The molecular weight excluding hydrogens is 248 g/mol. The summed E-state index contributed by atoms with van der Waals surface area (Å²) in [5, 5.41) is 20.2. The fourth-order valence-corrected chi connectivity index (χ4v) is 5.87. The Hall–Kier alpha value is -0.760. The molecule has 4 aliphatic carbocycles. The second-order valence-electron chi connectivity index (χ2n) is 7.76. The second-order valence-corrected chi connectivity index (χ2v) is 7.76. The van der Waals surface area contributed by atoms with Gasteiger partial charge in [-0.15, -0.1) is 0 Å². The Morgan fingerprint density at radius 3 is 2.90 bits per heavy atom. The number of fused-ring (bicyclic) bond motifs is 4. The number of rotatable bonds is 0. The first-order chi connectivity index (χ1) is 9.59. The molecule has 0 unspecified atom stereocenters. The molecule has 2 nitrogen and oxygen atoms in total. The van der Waals surface area contributed by atoms with Gasteiger partial charge >= 0.3 is 0 Å². The highest BCUT2D eigenvalue weighted by Crippen LogP contribution is 2.60. The van der Waals surface area contributed by atoms with Gasteiger partial charge in [0.05, 0.1) is 11.9 Å². The SMILES string of the molecule is C[C@]12CC[C@@H]3C4=C(CC[C@H]3[C@@H]1CC[C@@H]2O)CC(O)=CC4. The zero-order valence-corrected chi connectivity index (χ0v) is 12.4. The molecule has 0 heterocycles. The predicted octanol–water partition coefficient (Wildman–Crippen LogP) is 4.12. The van der Waals surface area contributed by atoms with Crippen LogP contribution in [0.3, 0.4) is 0 Å². The number of allylic oxidation sites excluding steroid dienone is 3. The summed E-state index contributed by atoms with van der Waals surface area (Å²) in [5.74, 6) is 2.84. The van der Waals surface area contributed by atoms with Crippen molar-refractivity contribution in [3.63, 3.8) is 0 Å². The minimum Gasteiger partial charge on any atom is -0.512 e. The van der Waals surface area contributed by atoms with Gasteiger partial charge < -0.3 is 10.2 Å². The molecule has 2 N–H and O–H groups in total. The minimum absolute atomic E-state index is 0.0703. The van der Waals surface area contributed by atoms with E-state index < -0.39 is 0 Å². The van der Waals surface area contributed by atoms with Crippen LogP contribution in [0.25, 0.3) is 0 Å². The average Bonchev–Trinajstić information content (AvgIpc) is 2.74. The van der Waals surface area contributed by atoms with E-state index in [-0.39, 0.29) is 11.5 Å². The van der Waals surface area contributed by atoms with Crippen molar-refractivity contribution in [2.75, 3.05) is 0 Å². The van der Waals surface area contributed by atoms with Gasteiger partial charge in [0, 0.05) is 6.42 Å². The largest absolute Gasteiger partial charge is 0.512 e. The van der Waals surface area contributed by atoms with Crippen LogP contribution in [0.4, 0.5) is 0 Å². The third kappa shape index (κ3) is 1.67. The Morgan fingerprint density at radius 2 is 2.05 bits per heavy atom. The van der Waals surface area contributed by atoms with Crippen molar-refractivity contribution in [1.82, 2.24) is 0 Å². The van der Waals surface area contributed by atoms with Gasteiger partial charge in [0.15, 0.2) is 0 Å². The van der Waals surface area contributed by atoms with Gasteiger partial charge in [-0.3, -0.25) is 0 Å². The number of hydrogen-bond donors (Lipinski definition) is 2. The van der Waals surface area contributed by atoms with Crippen LogP contribution in [0.5, 0.6) is 0 Å². The van der Waals surface area contributed by atoms with E-state index in [9.17, 15) is 10.2 Å². The molecule has 5 atom stereocenters. The Balaban J connectivity index is 1.64. The number of aliphatic hydroxyl groups excluding tert-OH is 2. The lowest BCUT2D eigenvalue weighted by molar-refractivity contribution is -0.0311. The van der Waals surface area contributed by atoms with E-state index in [1.165, 1.54) is 37.7 Å². The van der Waals surface area contributed by atoms with Crippen LogP contribution < -0.4 is 0 Å². The molecule has 0 spiro atoms. The van der Waals surface area contributed by atoms with E-state index >= 15 is 0 Å². The molecule has 20 heavy (non-hydrogen) atoms. The van der Waals surface area contributed by atoms with Crippen molar-refractivity contribution in [3.8, 4) is 0 Å². The summed E-state index contributed by atoms with van der Waals surface area (Å²) in [4.78, 5) is 0. The van der Waals surface area contributed by atoms with E-state index in [0.29, 0.717) is 5.76 Å². The second kappa shape index (κ2) is 4.37. The van der Waals surface area contributed by atoms with Crippen LogP contribution in [-0.4, -0.2) is 16.3 Å². The number of hydrogen-bond acceptors (Lipinski definition) is 2. The van der Waals surface area contributed by atoms with Crippen LogP contribution >= 0.6 is 0 Å². The van der Waals surface area contributed by atoms with Crippen molar-refractivity contribution in [2.24, 2.45) is 23.2 Å². The summed E-state index contributed by atoms with van der Waals surface area (Å²) < 4.78 is 0. The maximum atomic E-state index is 10.4. The molecule has 2 fully saturated rings. The topological polar surface area (TPSA) is 40.5 Å². The molecule has 0 amide bonds. The lowest BCUT2D eigenvalue weighted by Gasteiger charge is -2.51. The van der Waals surface area contributed by atoms with E-state index in [1.807, 2.05) is 6.08 Å².